The molecule has 1 unspecified atom stereocenters. The smallest absolute Gasteiger partial charge is 0.232 e. The number of carbonyl (C=O) groups excluding carboxylic acids is 3. The Labute approximate surface area is 121 Å². The monoisotopic (exact) mass is 282 g/mol. The van der Waals surface area contributed by atoms with E-state index in [4.69, 9.17) is 0 Å². The Morgan fingerprint density at radius 2 is 2.00 bits per heavy atom. The molecule has 5 nitrogen and oxygen atoms in total. The molecule has 1 aliphatic heterocycles. The molecule has 1 N–H and O–H groups in total. The summed E-state index contributed by atoms with van der Waals surface area (Å²) in [4.78, 5) is 36.4. The van der Waals surface area contributed by atoms with Gasteiger partial charge in [-0.15, -0.1) is 0 Å². The van der Waals surface area contributed by atoms with Crippen molar-refractivity contribution >= 4 is 17.7 Å². The molecule has 0 radical (unpaired) electrons. The van der Waals surface area contributed by atoms with E-state index in [2.05, 4.69) is 12.2 Å². The first-order chi connectivity index (χ1) is 9.60. The number of rotatable bonds is 9. The lowest BCUT2D eigenvalue weighted by Gasteiger charge is -2.14. The van der Waals surface area contributed by atoms with Crippen LogP contribution >= 0.6 is 0 Å². The predicted octanol–water partition coefficient (Wildman–Crippen LogP) is 1.86. The molecule has 0 aromatic heterocycles. The molecule has 114 valence electrons. The molecule has 20 heavy (non-hydrogen) atoms. The summed E-state index contributed by atoms with van der Waals surface area (Å²) in [5.74, 6) is -0.302. The fourth-order valence-electron chi connectivity index (χ4n) is 2.39. The zero-order valence-electron chi connectivity index (χ0n) is 12.6. The van der Waals surface area contributed by atoms with Crippen molar-refractivity contribution in [1.82, 2.24) is 10.2 Å². The maximum absolute atomic E-state index is 11.9. The fraction of sp³-hybridized carbons (Fsp3) is 0.800. The van der Waals surface area contributed by atoms with Crippen LogP contribution in [0.15, 0.2) is 0 Å². The number of hydrogen-bond acceptors (Lipinski definition) is 3. The van der Waals surface area contributed by atoms with Crippen molar-refractivity contribution in [2.24, 2.45) is 5.92 Å². The molecule has 0 spiro atoms. The van der Waals surface area contributed by atoms with Crippen LogP contribution in [0.4, 0.5) is 0 Å². The standard InChI is InChI=1S/C15H26N2O3/c1-3-5-6-9-16-13(18)8-7-10-17-14(19)11-12(4-2)15(17)20/h12H,3-11H2,1-2H3,(H,16,18). The van der Waals surface area contributed by atoms with Gasteiger partial charge in [-0.05, 0) is 19.3 Å². The Kier molecular flexibility index (Phi) is 7.26. The van der Waals surface area contributed by atoms with Crippen LogP contribution in [0.25, 0.3) is 0 Å². The van der Waals surface area contributed by atoms with Crippen molar-refractivity contribution in [3.05, 3.63) is 0 Å². The quantitative estimate of drug-likeness (QED) is 0.518. The van der Waals surface area contributed by atoms with Crippen LogP contribution in [0.2, 0.25) is 0 Å². The summed E-state index contributed by atoms with van der Waals surface area (Å²) < 4.78 is 0. The summed E-state index contributed by atoms with van der Waals surface area (Å²) in [7, 11) is 0. The van der Waals surface area contributed by atoms with Crippen molar-refractivity contribution in [2.45, 2.75) is 58.8 Å². The number of imide groups is 1. The molecule has 0 bridgehead atoms. The van der Waals surface area contributed by atoms with E-state index in [0.29, 0.717) is 38.8 Å². The van der Waals surface area contributed by atoms with Crippen LogP contribution in [0.3, 0.4) is 0 Å². The Morgan fingerprint density at radius 3 is 2.60 bits per heavy atom. The second-order valence-electron chi connectivity index (χ2n) is 5.35. The molecule has 1 aliphatic rings. The third-order valence-corrected chi connectivity index (χ3v) is 3.72. The zero-order valence-corrected chi connectivity index (χ0v) is 12.6. The molecule has 1 rings (SSSR count). The predicted molar refractivity (Wildman–Crippen MR) is 76.9 cm³/mol. The normalized spacial score (nSPS) is 18.7. The highest BCUT2D eigenvalue weighted by molar-refractivity contribution is 6.03. The molecular weight excluding hydrogens is 256 g/mol. The number of nitrogens with one attached hydrogen (secondary N) is 1. The SMILES string of the molecule is CCCCCNC(=O)CCCN1C(=O)CC(CC)C1=O. The van der Waals surface area contributed by atoms with E-state index in [9.17, 15) is 14.4 Å². The topological polar surface area (TPSA) is 66.5 Å². The van der Waals surface area contributed by atoms with E-state index in [1.54, 1.807) is 0 Å². The number of unbranched alkanes of at least 4 members (excludes halogenated alkanes) is 2. The van der Waals surface area contributed by atoms with Gasteiger partial charge in [-0.25, -0.2) is 0 Å². The summed E-state index contributed by atoms with van der Waals surface area (Å²) in [5, 5.41) is 2.86. The average Bonchev–Trinajstić information content (AvgIpc) is 2.70. The molecule has 0 saturated carbocycles. The van der Waals surface area contributed by atoms with E-state index in [1.807, 2.05) is 6.92 Å². The highest BCUT2D eigenvalue weighted by atomic mass is 16.2. The van der Waals surface area contributed by atoms with Gasteiger partial charge in [-0.1, -0.05) is 26.7 Å². The van der Waals surface area contributed by atoms with Crippen molar-refractivity contribution in [3.8, 4) is 0 Å². The zero-order chi connectivity index (χ0) is 15.0. The molecule has 0 aromatic rings. The lowest BCUT2D eigenvalue weighted by molar-refractivity contribution is -0.139. The van der Waals surface area contributed by atoms with Crippen LogP contribution in [-0.2, 0) is 14.4 Å². The van der Waals surface area contributed by atoms with Gasteiger partial charge in [0, 0.05) is 31.8 Å². The minimum absolute atomic E-state index is 0.00670. The minimum Gasteiger partial charge on any atom is -0.356 e. The molecule has 1 saturated heterocycles. The average molecular weight is 282 g/mol. The molecule has 1 fully saturated rings. The Hall–Kier alpha value is -1.39. The highest BCUT2D eigenvalue weighted by Crippen LogP contribution is 2.22. The van der Waals surface area contributed by atoms with E-state index < -0.39 is 0 Å². The van der Waals surface area contributed by atoms with Crippen molar-refractivity contribution < 1.29 is 14.4 Å². The van der Waals surface area contributed by atoms with Crippen molar-refractivity contribution in [1.29, 1.82) is 0 Å². The van der Waals surface area contributed by atoms with Crippen LogP contribution in [-0.4, -0.2) is 35.7 Å². The Bertz CT molecular complexity index is 355. The van der Waals surface area contributed by atoms with Gasteiger partial charge in [0.25, 0.3) is 0 Å². The number of hydrogen-bond donors (Lipinski definition) is 1. The third-order valence-electron chi connectivity index (χ3n) is 3.72. The van der Waals surface area contributed by atoms with E-state index in [0.717, 1.165) is 19.3 Å². The van der Waals surface area contributed by atoms with Crippen molar-refractivity contribution in [2.75, 3.05) is 13.1 Å². The molecule has 1 heterocycles. The van der Waals surface area contributed by atoms with Gasteiger partial charge < -0.3 is 5.32 Å². The summed E-state index contributed by atoms with van der Waals surface area (Å²) in [5.41, 5.74) is 0. The molecule has 3 amide bonds. The summed E-state index contributed by atoms with van der Waals surface area (Å²) in [6.45, 7) is 5.13. The lowest BCUT2D eigenvalue weighted by atomic mass is 10.1. The minimum atomic E-state index is -0.148. The second-order valence-corrected chi connectivity index (χ2v) is 5.35. The maximum atomic E-state index is 11.9. The van der Waals surface area contributed by atoms with Gasteiger partial charge in [0.1, 0.15) is 0 Å². The second kappa shape index (κ2) is 8.72. The van der Waals surface area contributed by atoms with Gasteiger partial charge in [-0.3, -0.25) is 19.3 Å². The van der Waals surface area contributed by atoms with Gasteiger partial charge in [0.2, 0.25) is 17.7 Å². The van der Waals surface area contributed by atoms with E-state index in [-0.39, 0.29) is 23.6 Å². The van der Waals surface area contributed by atoms with Crippen LogP contribution < -0.4 is 5.32 Å². The highest BCUT2D eigenvalue weighted by Gasteiger charge is 2.36. The molecule has 1 atom stereocenters. The van der Waals surface area contributed by atoms with Crippen molar-refractivity contribution in [3.63, 3.8) is 0 Å². The molecular formula is C15H26N2O3. The van der Waals surface area contributed by atoms with Crippen LogP contribution in [0, 0.1) is 5.92 Å². The largest absolute Gasteiger partial charge is 0.356 e. The summed E-state index contributed by atoms with van der Waals surface area (Å²) in [6.07, 6.45) is 5.22. The van der Waals surface area contributed by atoms with Gasteiger partial charge in [-0.2, -0.15) is 0 Å². The summed E-state index contributed by atoms with van der Waals surface area (Å²) >= 11 is 0. The number of amides is 3. The third kappa shape index (κ3) is 4.94. The van der Waals surface area contributed by atoms with E-state index >= 15 is 0 Å². The molecule has 0 aromatic carbocycles. The number of nitrogens with zero attached hydrogens (tertiary/aromatic N) is 1. The fourth-order valence-corrected chi connectivity index (χ4v) is 2.39. The van der Waals surface area contributed by atoms with E-state index in [1.165, 1.54) is 4.90 Å². The Morgan fingerprint density at radius 1 is 1.25 bits per heavy atom. The van der Waals surface area contributed by atoms with Crippen LogP contribution in [0.1, 0.15) is 58.8 Å². The molecule has 0 aliphatic carbocycles. The first-order valence-electron chi connectivity index (χ1n) is 7.71. The molecule has 5 heteroatoms. The van der Waals surface area contributed by atoms with Gasteiger partial charge >= 0.3 is 0 Å². The number of likely N-dealkylation sites (tertiary alicyclic amines) is 1. The first-order valence-corrected chi connectivity index (χ1v) is 7.71. The summed E-state index contributed by atoms with van der Waals surface area (Å²) in [6, 6.07) is 0. The van der Waals surface area contributed by atoms with Gasteiger partial charge in [0.05, 0.1) is 0 Å². The van der Waals surface area contributed by atoms with Gasteiger partial charge in [0.15, 0.2) is 0 Å². The maximum Gasteiger partial charge on any atom is 0.232 e. The number of carbonyl (C=O) groups is 3. The Balaban J connectivity index is 2.19. The van der Waals surface area contributed by atoms with Crippen LogP contribution in [0.5, 0.6) is 0 Å². The lowest BCUT2D eigenvalue weighted by Crippen LogP contribution is -2.32. The first kappa shape index (κ1) is 16.7.